The Morgan fingerprint density at radius 3 is 2.56 bits per heavy atom. The van der Waals surface area contributed by atoms with Crippen molar-refractivity contribution in [2.24, 2.45) is 0 Å². The van der Waals surface area contributed by atoms with Gasteiger partial charge in [0.2, 0.25) is 5.91 Å². The van der Waals surface area contributed by atoms with E-state index in [0.29, 0.717) is 17.6 Å². The third kappa shape index (κ3) is 4.88. The largest absolute Gasteiger partial charge is 0.418 e. The first-order valence-electron chi connectivity index (χ1n) is 10.1. The number of rotatable bonds is 8. The van der Waals surface area contributed by atoms with Crippen molar-refractivity contribution in [2.75, 3.05) is 11.1 Å². The number of para-hydroxylation sites is 1. The van der Waals surface area contributed by atoms with E-state index in [2.05, 4.69) is 34.2 Å². The summed E-state index contributed by atoms with van der Waals surface area (Å²) in [5.41, 5.74) is 0.112. The van der Waals surface area contributed by atoms with Crippen LogP contribution in [0.25, 0.3) is 0 Å². The Bertz CT molecular complexity index is 1110. The van der Waals surface area contributed by atoms with Crippen molar-refractivity contribution < 1.29 is 18.0 Å². The molecule has 9 heteroatoms. The molecule has 0 aliphatic heterocycles. The van der Waals surface area contributed by atoms with Gasteiger partial charge in [-0.2, -0.15) is 13.2 Å². The zero-order chi connectivity index (χ0) is 22.7. The molecule has 1 saturated carbocycles. The maximum absolute atomic E-state index is 13.1. The van der Waals surface area contributed by atoms with Crippen LogP contribution in [0.4, 0.5) is 18.9 Å². The van der Waals surface area contributed by atoms with Crippen LogP contribution in [0, 0.1) is 0 Å². The molecule has 1 aliphatic rings. The number of amides is 1. The zero-order valence-electron chi connectivity index (χ0n) is 17.0. The van der Waals surface area contributed by atoms with Gasteiger partial charge < -0.3 is 9.88 Å². The first-order valence-corrected chi connectivity index (χ1v) is 11.0. The molecule has 1 aromatic heterocycles. The van der Waals surface area contributed by atoms with E-state index in [-0.39, 0.29) is 17.4 Å². The number of allylic oxidation sites excluding steroid dienone is 1. The predicted octanol–water partition coefficient (Wildman–Crippen LogP) is 5.48. The molecule has 32 heavy (non-hydrogen) atoms. The molecular weight excluding hydrogens is 437 g/mol. The molecule has 2 aromatic carbocycles. The number of hydrogen-bond donors (Lipinski definition) is 1. The van der Waals surface area contributed by atoms with Crippen LogP contribution in [0.5, 0.6) is 0 Å². The highest BCUT2D eigenvalue weighted by atomic mass is 32.2. The maximum atomic E-state index is 13.1. The Hall–Kier alpha value is -3.07. The Labute approximate surface area is 187 Å². The van der Waals surface area contributed by atoms with Gasteiger partial charge in [0.25, 0.3) is 0 Å². The standard InChI is InChI=1S/C23H21F3N4OS/c1-2-12-30-21(17-13-16(17)15-8-4-3-5-9-15)28-29-22(30)32-14-20(31)27-19-11-7-6-10-18(19)23(24,25)26/h2-11,16-17H,1,12-14H2,(H,27,31). The fourth-order valence-electron chi connectivity index (χ4n) is 3.69. The molecule has 2 atom stereocenters. The van der Waals surface area contributed by atoms with Gasteiger partial charge in [-0.3, -0.25) is 4.79 Å². The summed E-state index contributed by atoms with van der Waals surface area (Å²) in [6.07, 6.45) is -1.84. The molecular formula is C23H21F3N4OS. The van der Waals surface area contributed by atoms with Crippen LogP contribution in [-0.2, 0) is 17.5 Å². The molecule has 0 spiro atoms. The van der Waals surface area contributed by atoms with E-state index in [1.807, 2.05) is 22.8 Å². The average molecular weight is 459 g/mol. The minimum Gasteiger partial charge on any atom is -0.325 e. The van der Waals surface area contributed by atoms with Crippen molar-refractivity contribution in [3.8, 4) is 0 Å². The second-order valence-corrected chi connectivity index (χ2v) is 8.42. The number of benzene rings is 2. The Morgan fingerprint density at radius 2 is 1.84 bits per heavy atom. The summed E-state index contributed by atoms with van der Waals surface area (Å²) >= 11 is 1.14. The minimum absolute atomic E-state index is 0.0890. The fourth-order valence-corrected chi connectivity index (χ4v) is 4.44. The second kappa shape index (κ2) is 9.20. The molecule has 3 aromatic rings. The lowest BCUT2D eigenvalue weighted by atomic mass is 10.1. The number of nitrogens with zero attached hydrogens (tertiary/aromatic N) is 3. The van der Waals surface area contributed by atoms with E-state index in [1.54, 1.807) is 6.08 Å². The van der Waals surface area contributed by atoms with Crippen LogP contribution < -0.4 is 5.32 Å². The summed E-state index contributed by atoms with van der Waals surface area (Å²) in [7, 11) is 0. The number of carbonyl (C=O) groups is 1. The van der Waals surface area contributed by atoms with Gasteiger partial charge in [-0.25, -0.2) is 0 Å². The van der Waals surface area contributed by atoms with E-state index < -0.39 is 17.6 Å². The van der Waals surface area contributed by atoms with Crippen molar-refractivity contribution in [3.63, 3.8) is 0 Å². The third-order valence-corrected chi connectivity index (χ3v) is 6.21. The number of alkyl halides is 3. The number of carbonyl (C=O) groups excluding carboxylic acids is 1. The summed E-state index contributed by atoms with van der Waals surface area (Å²) in [5.74, 6) is 0.823. The summed E-state index contributed by atoms with van der Waals surface area (Å²) in [4.78, 5) is 12.3. The van der Waals surface area contributed by atoms with Crippen LogP contribution in [0.15, 0.2) is 72.4 Å². The molecule has 0 bridgehead atoms. The van der Waals surface area contributed by atoms with Crippen LogP contribution in [0.1, 0.15) is 35.2 Å². The van der Waals surface area contributed by atoms with Crippen molar-refractivity contribution >= 4 is 23.4 Å². The average Bonchev–Trinajstić information content (AvgIpc) is 3.47. The van der Waals surface area contributed by atoms with Crippen molar-refractivity contribution in [1.82, 2.24) is 14.8 Å². The highest BCUT2D eigenvalue weighted by Crippen LogP contribution is 2.54. The number of halogens is 3. The molecule has 5 nitrogen and oxygen atoms in total. The number of thioether (sulfide) groups is 1. The molecule has 4 rings (SSSR count). The first kappa shape index (κ1) is 22.1. The molecule has 1 amide bonds. The monoisotopic (exact) mass is 458 g/mol. The highest BCUT2D eigenvalue weighted by molar-refractivity contribution is 7.99. The minimum atomic E-state index is -4.55. The molecule has 2 unspecified atom stereocenters. The van der Waals surface area contributed by atoms with Gasteiger partial charge in [-0.05, 0) is 30.0 Å². The lowest BCUT2D eigenvalue weighted by molar-refractivity contribution is -0.137. The number of hydrogen-bond acceptors (Lipinski definition) is 4. The highest BCUT2D eigenvalue weighted by Gasteiger charge is 2.43. The normalized spacial score (nSPS) is 17.7. The van der Waals surface area contributed by atoms with Crippen molar-refractivity contribution in [2.45, 2.75) is 36.1 Å². The molecule has 1 fully saturated rings. The van der Waals surface area contributed by atoms with Gasteiger partial charge >= 0.3 is 6.18 Å². The Morgan fingerprint density at radius 1 is 1.12 bits per heavy atom. The van der Waals surface area contributed by atoms with Crippen LogP contribution in [0.3, 0.4) is 0 Å². The van der Waals surface area contributed by atoms with Gasteiger partial charge in [0.05, 0.1) is 17.0 Å². The van der Waals surface area contributed by atoms with E-state index >= 15 is 0 Å². The second-order valence-electron chi connectivity index (χ2n) is 7.48. The van der Waals surface area contributed by atoms with Gasteiger partial charge in [0.1, 0.15) is 5.82 Å². The van der Waals surface area contributed by atoms with Crippen LogP contribution >= 0.6 is 11.8 Å². The molecule has 0 saturated heterocycles. The molecule has 166 valence electrons. The lowest BCUT2D eigenvalue weighted by Crippen LogP contribution is -2.18. The SMILES string of the molecule is C=CCn1c(SCC(=O)Nc2ccccc2C(F)(F)F)nnc1C1CC1c1ccccc1. The molecule has 0 radical (unpaired) electrons. The van der Waals surface area contributed by atoms with E-state index in [9.17, 15) is 18.0 Å². The quantitative estimate of drug-likeness (QED) is 0.359. The van der Waals surface area contributed by atoms with E-state index in [1.165, 1.54) is 23.8 Å². The Balaban J connectivity index is 1.43. The van der Waals surface area contributed by atoms with Gasteiger partial charge in [0.15, 0.2) is 5.16 Å². The van der Waals surface area contributed by atoms with Crippen LogP contribution in [0.2, 0.25) is 0 Å². The smallest absolute Gasteiger partial charge is 0.325 e. The summed E-state index contributed by atoms with van der Waals surface area (Å²) in [6, 6.07) is 15.1. The van der Waals surface area contributed by atoms with Gasteiger partial charge in [0, 0.05) is 12.5 Å². The third-order valence-electron chi connectivity index (χ3n) is 5.25. The number of anilines is 1. The number of aromatic nitrogens is 3. The van der Waals surface area contributed by atoms with Crippen LogP contribution in [-0.4, -0.2) is 26.4 Å². The summed E-state index contributed by atoms with van der Waals surface area (Å²) < 4.78 is 41.3. The molecule has 1 heterocycles. The summed E-state index contributed by atoms with van der Waals surface area (Å²) in [5, 5.41) is 11.5. The fraction of sp³-hybridized carbons (Fsp3) is 0.261. The van der Waals surface area contributed by atoms with Gasteiger partial charge in [-0.15, -0.1) is 16.8 Å². The van der Waals surface area contributed by atoms with Crippen molar-refractivity contribution in [3.05, 3.63) is 84.2 Å². The topological polar surface area (TPSA) is 59.8 Å². The lowest BCUT2D eigenvalue weighted by Gasteiger charge is -2.13. The van der Waals surface area contributed by atoms with E-state index in [4.69, 9.17) is 0 Å². The molecule has 1 N–H and O–H groups in total. The van der Waals surface area contributed by atoms with Gasteiger partial charge in [-0.1, -0.05) is 60.3 Å². The zero-order valence-corrected chi connectivity index (χ0v) is 17.9. The molecule has 1 aliphatic carbocycles. The Kier molecular flexibility index (Phi) is 6.36. The summed E-state index contributed by atoms with van der Waals surface area (Å²) in [6.45, 7) is 4.27. The predicted molar refractivity (Wildman–Crippen MR) is 118 cm³/mol. The number of nitrogens with one attached hydrogen (secondary N) is 1. The van der Waals surface area contributed by atoms with Crippen molar-refractivity contribution in [1.29, 1.82) is 0 Å². The maximum Gasteiger partial charge on any atom is 0.418 e. The first-order chi connectivity index (χ1) is 15.4. The van der Waals surface area contributed by atoms with E-state index in [0.717, 1.165) is 30.1 Å².